The molecule has 1 aromatic heterocycles. The van der Waals surface area contributed by atoms with Crippen LogP contribution in [0.3, 0.4) is 0 Å². The highest BCUT2D eigenvalue weighted by Crippen LogP contribution is 2.20. The molecule has 1 atom stereocenters. The minimum Gasteiger partial charge on any atom is -0.326 e. The molecule has 0 bridgehead atoms. The lowest BCUT2D eigenvalue weighted by Crippen LogP contribution is -2.27. The summed E-state index contributed by atoms with van der Waals surface area (Å²) in [5, 5.41) is 2.65. The summed E-state index contributed by atoms with van der Waals surface area (Å²) in [6, 6.07) is 6.27. The molecule has 7 heteroatoms. The Bertz CT molecular complexity index is 695. The van der Waals surface area contributed by atoms with Crippen molar-refractivity contribution in [1.29, 1.82) is 0 Å². The van der Waals surface area contributed by atoms with E-state index in [1.165, 1.54) is 11.3 Å². The van der Waals surface area contributed by atoms with Gasteiger partial charge in [-0.15, -0.1) is 11.3 Å². The first-order valence-electron chi connectivity index (χ1n) is 6.16. The minimum absolute atomic E-state index is 0.223. The Hall–Kier alpha value is -1.28. The van der Waals surface area contributed by atoms with E-state index in [1.807, 2.05) is 12.3 Å². The molecule has 5 nitrogen and oxygen atoms in total. The van der Waals surface area contributed by atoms with Gasteiger partial charge in [0.2, 0.25) is 10.0 Å². The monoisotopic (exact) mass is 311 g/mol. The second-order valence-electron chi connectivity index (χ2n) is 4.52. The summed E-state index contributed by atoms with van der Waals surface area (Å²) in [5.74, 6) is 0. The van der Waals surface area contributed by atoms with Gasteiger partial charge in [-0.2, -0.15) is 0 Å². The Morgan fingerprint density at radius 1 is 1.45 bits per heavy atom. The topological polar surface area (TPSA) is 85.1 Å². The van der Waals surface area contributed by atoms with Crippen LogP contribution in [0.15, 0.2) is 34.5 Å². The summed E-state index contributed by atoms with van der Waals surface area (Å²) in [5.41, 5.74) is 7.21. The molecule has 0 aliphatic heterocycles. The van der Waals surface area contributed by atoms with Gasteiger partial charge in [0.15, 0.2) is 0 Å². The van der Waals surface area contributed by atoms with Gasteiger partial charge < -0.3 is 5.73 Å². The number of hydrogen-bond acceptors (Lipinski definition) is 5. The predicted molar refractivity (Wildman–Crippen MR) is 79.9 cm³/mol. The largest absolute Gasteiger partial charge is 0.326 e. The maximum atomic E-state index is 12.3. The molecule has 0 amide bonds. The van der Waals surface area contributed by atoms with Crippen LogP contribution in [0.1, 0.15) is 29.2 Å². The van der Waals surface area contributed by atoms with Crippen LogP contribution in [-0.4, -0.2) is 13.4 Å². The number of sulfonamides is 1. The number of nitrogens with two attached hydrogens (primary N) is 1. The fraction of sp³-hybridized carbons (Fsp3) is 0.308. The standard InChI is InChI=1S/C13H17N3O2S2/c1-9-8-19-13(15-9)10(2)16-20(17,18)12-5-3-4-11(6-12)7-14/h3-6,8,10,16H,7,14H2,1-2H3. The highest BCUT2D eigenvalue weighted by molar-refractivity contribution is 7.89. The molecule has 1 heterocycles. The van der Waals surface area contributed by atoms with E-state index >= 15 is 0 Å². The fourth-order valence-electron chi connectivity index (χ4n) is 1.76. The number of rotatable bonds is 5. The van der Waals surface area contributed by atoms with Crippen molar-refractivity contribution in [2.45, 2.75) is 31.3 Å². The molecule has 20 heavy (non-hydrogen) atoms. The summed E-state index contributed by atoms with van der Waals surface area (Å²) in [6.45, 7) is 3.97. The molecule has 0 aliphatic carbocycles. The average Bonchev–Trinajstić information content (AvgIpc) is 2.85. The first kappa shape index (κ1) is 15.1. The minimum atomic E-state index is -3.57. The molecular formula is C13H17N3O2S2. The van der Waals surface area contributed by atoms with Gasteiger partial charge in [0.1, 0.15) is 5.01 Å². The third kappa shape index (κ3) is 3.43. The van der Waals surface area contributed by atoms with Gasteiger partial charge >= 0.3 is 0 Å². The lowest BCUT2D eigenvalue weighted by molar-refractivity contribution is 0.566. The molecule has 1 aromatic carbocycles. The SMILES string of the molecule is Cc1csc(C(C)NS(=O)(=O)c2cccc(CN)c2)n1. The molecule has 1 unspecified atom stereocenters. The van der Waals surface area contributed by atoms with Crippen molar-refractivity contribution in [1.82, 2.24) is 9.71 Å². The summed E-state index contributed by atoms with van der Waals surface area (Å²) in [7, 11) is -3.57. The Morgan fingerprint density at radius 3 is 2.80 bits per heavy atom. The zero-order chi connectivity index (χ0) is 14.8. The zero-order valence-corrected chi connectivity index (χ0v) is 13.0. The number of benzene rings is 1. The number of aromatic nitrogens is 1. The van der Waals surface area contributed by atoms with Gasteiger partial charge in [0.05, 0.1) is 10.9 Å². The van der Waals surface area contributed by atoms with Crippen molar-refractivity contribution < 1.29 is 8.42 Å². The maximum absolute atomic E-state index is 12.3. The molecule has 3 N–H and O–H groups in total. The summed E-state index contributed by atoms with van der Waals surface area (Å²) < 4.78 is 27.3. The molecule has 2 rings (SSSR count). The average molecular weight is 311 g/mol. The van der Waals surface area contributed by atoms with Crippen LogP contribution in [-0.2, 0) is 16.6 Å². The summed E-state index contributed by atoms with van der Waals surface area (Å²) >= 11 is 1.44. The first-order valence-corrected chi connectivity index (χ1v) is 8.52. The zero-order valence-electron chi connectivity index (χ0n) is 11.3. The van der Waals surface area contributed by atoms with Gasteiger partial charge in [-0.1, -0.05) is 12.1 Å². The maximum Gasteiger partial charge on any atom is 0.241 e. The van der Waals surface area contributed by atoms with Crippen LogP contribution < -0.4 is 10.5 Å². The van der Waals surface area contributed by atoms with Crippen LogP contribution in [0, 0.1) is 6.92 Å². The van der Waals surface area contributed by atoms with Crippen molar-refractivity contribution in [2.75, 3.05) is 0 Å². The number of aryl methyl sites for hydroxylation is 1. The van der Waals surface area contributed by atoms with Crippen LogP contribution in [0.25, 0.3) is 0 Å². The van der Waals surface area contributed by atoms with Gasteiger partial charge in [-0.3, -0.25) is 0 Å². The Kier molecular flexibility index (Phi) is 4.54. The molecule has 2 aromatic rings. The molecule has 0 spiro atoms. The number of nitrogens with one attached hydrogen (secondary N) is 1. The van der Waals surface area contributed by atoms with Crippen molar-refractivity contribution in [3.63, 3.8) is 0 Å². The highest BCUT2D eigenvalue weighted by Gasteiger charge is 2.20. The Morgan fingerprint density at radius 2 is 2.20 bits per heavy atom. The number of nitrogens with zero attached hydrogens (tertiary/aromatic N) is 1. The quantitative estimate of drug-likeness (QED) is 0.884. The molecule has 0 saturated carbocycles. The van der Waals surface area contributed by atoms with E-state index in [9.17, 15) is 8.42 Å². The van der Waals surface area contributed by atoms with E-state index in [1.54, 1.807) is 31.2 Å². The van der Waals surface area contributed by atoms with Crippen LogP contribution in [0.5, 0.6) is 0 Å². The molecule has 0 fully saturated rings. The lowest BCUT2D eigenvalue weighted by Gasteiger charge is -2.12. The molecular weight excluding hydrogens is 294 g/mol. The van der Waals surface area contributed by atoms with Crippen LogP contribution >= 0.6 is 11.3 Å². The molecule has 0 saturated heterocycles. The van der Waals surface area contributed by atoms with Crippen LogP contribution in [0.4, 0.5) is 0 Å². The van der Waals surface area contributed by atoms with Gasteiger partial charge in [-0.05, 0) is 31.5 Å². The predicted octanol–water partition coefficient (Wildman–Crippen LogP) is 1.95. The van der Waals surface area contributed by atoms with E-state index < -0.39 is 10.0 Å². The second kappa shape index (κ2) is 6.01. The van der Waals surface area contributed by atoms with E-state index in [0.717, 1.165) is 16.3 Å². The van der Waals surface area contributed by atoms with Crippen molar-refractivity contribution in [2.24, 2.45) is 5.73 Å². The highest BCUT2D eigenvalue weighted by atomic mass is 32.2. The van der Waals surface area contributed by atoms with E-state index in [-0.39, 0.29) is 10.9 Å². The third-order valence-corrected chi connectivity index (χ3v) is 5.47. The Labute approximate surface area is 122 Å². The van der Waals surface area contributed by atoms with Crippen molar-refractivity contribution >= 4 is 21.4 Å². The lowest BCUT2D eigenvalue weighted by atomic mass is 10.2. The smallest absolute Gasteiger partial charge is 0.241 e. The van der Waals surface area contributed by atoms with E-state index in [2.05, 4.69) is 9.71 Å². The fourth-order valence-corrected chi connectivity index (χ4v) is 3.92. The van der Waals surface area contributed by atoms with Gasteiger partial charge in [0, 0.05) is 17.6 Å². The van der Waals surface area contributed by atoms with E-state index in [4.69, 9.17) is 5.73 Å². The summed E-state index contributed by atoms with van der Waals surface area (Å²) in [6.07, 6.45) is 0. The van der Waals surface area contributed by atoms with Crippen molar-refractivity contribution in [3.05, 3.63) is 45.9 Å². The third-order valence-electron chi connectivity index (χ3n) is 2.78. The molecule has 0 aliphatic rings. The number of hydrogen-bond donors (Lipinski definition) is 2. The van der Waals surface area contributed by atoms with Gasteiger partial charge in [-0.25, -0.2) is 18.1 Å². The van der Waals surface area contributed by atoms with Crippen molar-refractivity contribution in [3.8, 4) is 0 Å². The molecule has 0 radical (unpaired) electrons. The first-order chi connectivity index (χ1) is 9.42. The molecule has 108 valence electrons. The van der Waals surface area contributed by atoms with Gasteiger partial charge in [0.25, 0.3) is 0 Å². The summed E-state index contributed by atoms with van der Waals surface area (Å²) in [4.78, 5) is 4.52. The Balaban J connectivity index is 2.22. The number of thiazole rings is 1. The van der Waals surface area contributed by atoms with E-state index in [0.29, 0.717) is 6.54 Å². The van der Waals surface area contributed by atoms with Crippen LogP contribution in [0.2, 0.25) is 0 Å². The second-order valence-corrected chi connectivity index (χ2v) is 7.13. The normalized spacial score (nSPS) is 13.3.